The molecule has 10 heteroatoms. The van der Waals surface area contributed by atoms with Gasteiger partial charge in [0, 0.05) is 31.4 Å². The second kappa shape index (κ2) is 8.07. The monoisotopic (exact) mass is 432 g/mol. The normalized spacial score (nSPS) is 15.6. The number of benzene rings is 2. The first-order valence-corrected chi connectivity index (χ1v) is 10.3. The van der Waals surface area contributed by atoms with Crippen molar-refractivity contribution in [3.63, 3.8) is 0 Å². The van der Waals surface area contributed by atoms with Crippen LogP contribution in [0.5, 0.6) is 5.75 Å². The van der Waals surface area contributed by atoms with Crippen molar-refractivity contribution >= 4 is 33.3 Å². The molecule has 3 rings (SSSR count). The van der Waals surface area contributed by atoms with Crippen molar-refractivity contribution in [2.75, 3.05) is 17.1 Å². The Morgan fingerprint density at radius 3 is 2.20 bits per heavy atom. The van der Waals surface area contributed by atoms with E-state index in [-0.39, 0.29) is 10.5 Å². The van der Waals surface area contributed by atoms with Crippen molar-refractivity contribution in [3.8, 4) is 5.75 Å². The first-order valence-electron chi connectivity index (χ1n) is 8.80. The molecule has 0 bridgehead atoms. The average molecular weight is 432 g/mol. The summed E-state index contributed by atoms with van der Waals surface area (Å²) in [7, 11) is -2.36. The van der Waals surface area contributed by atoms with E-state index in [2.05, 4.69) is 10.0 Å². The fourth-order valence-electron chi connectivity index (χ4n) is 2.56. The number of carbonyl (C=O) groups is 2. The molecule has 0 amide bonds. The van der Waals surface area contributed by atoms with E-state index in [1.807, 2.05) is 0 Å². The summed E-state index contributed by atoms with van der Waals surface area (Å²) < 4.78 is 42.8. The molecular weight excluding hydrogens is 412 g/mol. The molecule has 9 nitrogen and oxygen atoms in total. The molecule has 1 aliphatic heterocycles. The van der Waals surface area contributed by atoms with Crippen LogP contribution in [0.15, 0.2) is 65.2 Å². The third-order valence-corrected chi connectivity index (χ3v) is 5.37. The number of nitrogens with one attached hydrogen (secondary N) is 2. The van der Waals surface area contributed by atoms with Gasteiger partial charge in [0.15, 0.2) is 5.57 Å². The number of rotatable bonds is 6. The van der Waals surface area contributed by atoms with E-state index in [9.17, 15) is 18.0 Å². The van der Waals surface area contributed by atoms with Crippen molar-refractivity contribution in [2.24, 2.45) is 0 Å². The summed E-state index contributed by atoms with van der Waals surface area (Å²) in [6.45, 7) is 2.88. The number of methoxy groups -OCH3 is 1. The zero-order valence-corrected chi connectivity index (χ0v) is 17.3. The molecule has 2 aromatic rings. The Bertz CT molecular complexity index is 1080. The second-order valence-corrected chi connectivity index (χ2v) is 8.43. The van der Waals surface area contributed by atoms with Gasteiger partial charge in [-0.25, -0.2) is 18.0 Å². The summed E-state index contributed by atoms with van der Waals surface area (Å²) in [5.74, 6) is -2.42. The van der Waals surface area contributed by atoms with E-state index < -0.39 is 27.7 Å². The van der Waals surface area contributed by atoms with Crippen LogP contribution in [-0.2, 0) is 29.1 Å². The Kier molecular flexibility index (Phi) is 5.70. The minimum absolute atomic E-state index is 0.0170. The second-order valence-electron chi connectivity index (χ2n) is 6.74. The first kappa shape index (κ1) is 21.2. The van der Waals surface area contributed by atoms with E-state index in [0.717, 1.165) is 6.20 Å². The topological polar surface area (TPSA) is 120 Å². The van der Waals surface area contributed by atoms with Crippen LogP contribution in [0.1, 0.15) is 13.8 Å². The SMILES string of the molecule is COc1ccc(NS(=O)(=O)c2cccc(NC=C3C(=O)OC(C)(C)OC3=O)c2)cc1. The predicted octanol–water partition coefficient (Wildman–Crippen LogP) is 2.63. The van der Waals surface area contributed by atoms with E-state index in [1.165, 1.54) is 39.2 Å². The Balaban J connectivity index is 1.77. The number of sulfonamides is 1. The summed E-state index contributed by atoms with van der Waals surface area (Å²) in [5, 5.41) is 2.72. The van der Waals surface area contributed by atoms with E-state index >= 15 is 0 Å². The van der Waals surface area contributed by atoms with Gasteiger partial charge in [-0.3, -0.25) is 4.72 Å². The van der Waals surface area contributed by atoms with Crippen LogP contribution in [0.25, 0.3) is 0 Å². The Hall–Kier alpha value is -3.53. The Morgan fingerprint density at radius 2 is 1.60 bits per heavy atom. The summed E-state index contributed by atoms with van der Waals surface area (Å²) in [4.78, 5) is 23.9. The van der Waals surface area contributed by atoms with Crippen LogP contribution >= 0.6 is 0 Å². The molecule has 0 unspecified atom stereocenters. The molecule has 0 radical (unpaired) electrons. The van der Waals surface area contributed by atoms with Crippen LogP contribution in [-0.4, -0.2) is 33.3 Å². The maximum atomic E-state index is 12.7. The number of ether oxygens (including phenoxy) is 3. The third-order valence-electron chi connectivity index (χ3n) is 3.99. The quantitative estimate of drug-likeness (QED) is 0.406. The van der Waals surface area contributed by atoms with Gasteiger partial charge in [-0.2, -0.15) is 0 Å². The molecule has 1 heterocycles. The number of carbonyl (C=O) groups excluding carboxylic acids is 2. The fraction of sp³-hybridized carbons (Fsp3) is 0.200. The molecule has 1 aliphatic rings. The molecule has 2 N–H and O–H groups in total. The summed E-state index contributed by atoms with van der Waals surface area (Å²) in [6, 6.07) is 12.3. The fourth-order valence-corrected chi connectivity index (χ4v) is 3.66. The van der Waals surface area contributed by atoms with Crippen LogP contribution in [0.4, 0.5) is 11.4 Å². The third kappa shape index (κ3) is 4.90. The van der Waals surface area contributed by atoms with Gasteiger partial charge in [0.25, 0.3) is 15.8 Å². The highest BCUT2D eigenvalue weighted by molar-refractivity contribution is 7.92. The Morgan fingerprint density at radius 1 is 0.967 bits per heavy atom. The maximum Gasteiger partial charge on any atom is 0.350 e. The first-order chi connectivity index (χ1) is 14.1. The van der Waals surface area contributed by atoms with Gasteiger partial charge in [0.1, 0.15) is 5.75 Å². The summed E-state index contributed by atoms with van der Waals surface area (Å²) in [6.07, 6.45) is 1.11. The molecule has 0 aliphatic carbocycles. The number of esters is 2. The van der Waals surface area contributed by atoms with Crippen molar-refractivity contribution in [2.45, 2.75) is 24.5 Å². The van der Waals surface area contributed by atoms with Crippen molar-refractivity contribution in [1.29, 1.82) is 0 Å². The zero-order chi connectivity index (χ0) is 21.9. The highest BCUT2D eigenvalue weighted by atomic mass is 32.2. The molecule has 0 spiro atoms. The lowest BCUT2D eigenvalue weighted by atomic mass is 10.2. The highest BCUT2D eigenvalue weighted by Crippen LogP contribution is 2.24. The van der Waals surface area contributed by atoms with E-state index in [1.54, 1.807) is 30.3 Å². The van der Waals surface area contributed by atoms with Gasteiger partial charge in [-0.15, -0.1) is 0 Å². The lowest BCUT2D eigenvalue weighted by Gasteiger charge is -2.29. The smallest absolute Gasteiger partial charge is 0.350 e. The van der Waals surface area contributed by atoms with E-state index in [4.69, 9.17) is 14.2 Å². The number of cyclic esters (lactones) is 2. The molecule has 158 valence electrons. The lowest BCUT2D eigenvalue weighted by Crippen LogP contribution is -2.42. The Labute approximate surface area is 173 Å². The zero-order valence-electron chi connectivity index (χ0n) is 16.5. The maximum absolute atomic E-state index is 12.7. The van der Waals surface area contributed by atoms with Crippen LogP contribution in [0, 0.1) is 0 Å². The van der Waals surface area contributed by atoms with Crippen molar-refractivity contribution in [1.82, 2.24) is 0 Å². The van der Waals surface area contributed by atoms with Gasteiger partial charge >= 0.3 is 11.9 Å². The lowest BCUT2D eigenvalue weighted by molar-refractivity contribution is -0.222. The number of anilines is 2. The van der Waals surface area contributed by atoms with Gasteiger partial charge in [0.2, 0.25) is 0 Å². The van der Waals surface area contributed by atoms with Gasteiger partial charge in [0.05, 0.1) is 12.0 Å². The molecule has 1 saturated heterocycles. The van der Waals surface area contributed by atoms with Gasteiger partial charge < -0.3 is 19.5 Å². The highest BCUT2D eigenvalue weighted by Gasteiger charge is 2.38. The molecule has 0 atom stereocenters. The molecule has 0 saturated carbocycles. The molecule has 0 aromatic heterocycles. The largest absolute Gasteiger partial charge is 0.497 e. The molecule has 1 fully saturated rings. The van der Waals surface area contributed by atoms with Crippen LogP contribution < -0.4 is 14.8 Å². The standard InChI is InChI=1S/C20H20N2O7S/c1-20(2)28-18(23)17(19(24)29-20)12-21-14-5-4-6-16(11-14)30(25,26)22-13-7-9-15(27-3)10-8-13/h4-12,21-22H,1-3H3. The van der Waals surface area contributed by atoms with Crippen molar-refractivity contribution in [3.05, 3.63) is 60.3 Å². The average Bonchev–Trinajstić information content (AvgIpc) is 2.67. The molecule has 2 aromatic carbocycles. The van der Waals surface area contributed by atoms with Gasteiger partial charge in [-0.1, -0.05) is 6.07 Å². The molecular formula is C20H20N2O7S. The van der Waals surface area contributed by atoms with Crippen LogP contribution in [0.2, 0.25) is 0 Å². The predicted molar refractivity (Wildman–Crippen MR) is 108 cm³/mol. The minimum Gasteiger partial charge on any atom is -0.497 e. The summed E-state index contributed by atoms with van der Waals surface area (Å²) in [5.41, 5.74) is 0.371. The van der Waals surface area contributed by atoms with Crippen LogP contribution in [0.3, 0.4) is 0 Å². The minimum atomic E-state index is -3.87. The number of hydrogen-bond donors (Lipinski definition) is 2. The van der Waals surface area contributed by atoms with Crippen molar-refractivity contribution < 1.29 is 32.2 Å². The van der Waals surface area contributed by atoms with E-state index in [0.29, 0.717) is 17.1 Å². The molecule has 30 heavy (non-hydrogen) atoms. The summed E-state index contributed by atoms with van der Waals surface area (Å²) >= 11 is 0. The van der Waals surface area contributed by atoms with Gasteiger partial charge in [-0.05, 0) is 42.5 Å². The number of hydrogen-bond acceptors (Lipinski definition) is 8.